The maximum absolute atomic E-state index is 6.61. The molecule has 0 bridgehead atoms. The number of fused-ring (bicyclic) bond motifs is 1. The number of methoxy groups -OCH3 is 1. The fourth-order valence-electron chi connectivity index (χ4n) is 3.57. The van der Waals surface area contributed by atoms with E-state index in [1.54, 1.807) is 13.2 Å². The molecule has 6 nitrogen and oxygen atoms in total. The van der Waals surface area contributed by atoms with Crippen molar-refractivity contribution in [1.82, 2.24) is 19.5 Å². The first kappa shape index (κ1) is 21.5. The van der Waals surface area contributed by atoms with Crippen molar-refractivity contribution in [3.8, 4) is 23.0 Å². The molecular weight excluding hydrogens is 515 g/mol. The monoisotopic (exact) mass is 532 g/mol. The molecule has 0 atom stereocenters. The average Bonchev–Trinajstić information content (AvgIpc) is 3.37. The second kappa shape index (κ2) is 8.21. The van der Waals surface area contributed by atoms with Crippen LogP contribution < -0.4 is 9.47 Å². The van der Waals surface area contributed by atoms with Crippen LogP contribution in [-0.2, 0) is 6.54 Å². The Morgan fingerprint density at radius 1 is 1.12 bits per heavy atom. The van der Waals surface area contributed by atoms with Crippen molar-refractivity contribution in [2.45, 2.75) is 31.9 Å². The van der Waals surface area contributed by atoms with E-state index in [2.05, 4.69) is 32.8 Å². The highest BCUT2D eigenvalue weighted by atomic mass is 79.9. The van der Waals surface area contributed by atoms with Gasteiger partial charge in [0.25, 0.3) is 0 Å². The van der Waals surface area contributed by atoms with Crippen LogP contribution in [0.15, 0.2) is 47.2 Å². The summed E-state index contributed by atoms with van der Waals surface area (Å²) in [5.41, 5.74) is 2.71. The fraction of sp³-hybridized carbons (Fsp3) is 0.261. The quantitative estimate of drug-likeness (QED) is 0.281. The van der Waals surface area contributed by atoms with E-state index in [4.69, 9.17) is 37.7 Å². The van der Waals surface area contributed by atoms with Gasteiger partial charge in [0.1, 0.15) is 23.5 Å². The molecule has 164 valence electrons. The number of rotatable bonds is 6. The van der Waals surface area contributed by atoms with Gasteiger partial charge in [-0.3, -0.25) is 0 Å². The molecule has 1 aliphatic carbocycles. The third-order valence-corrected chi connectivity index (χ3v) is 6.58. The Hall–Kier alpha value is -2.35. The van der Waals surface area contributed by atoms with E-state index in [-0.39, 0.29) is 5.60 Å². The summed E-state index contributed by atoms with van der Waals surface area (Å²) >= 11 is 16.4. The predicted octanol–water partition coefficient (Wildman–Crippen LogP) is 6.55. The normalized spacial score (nSPS) is 14.5. The molecule has 5 rings (SSSR count). The van der Waals surface area contributed by atoms with Crippen LogP contribution in [0.3, 0.4) is 0 Å². The van der Waals surface area contributed by atoms with E-state index in [0.29, 0.717) is 39.5 Å². The van der Waals surface area contributed by atoms with E-state index in [1.807, 2.05) is 34.9 Å². The average molecular weight is 534 g/mol. The highest BCUT2D eigenvalue weighted by Gasteiger charge is 2.41. The number of hydrogen-bond donors (Lipinski definition) is 0. The molecule has 0 saturated heterocycles. The standard InChI is InChI=1S/C23H19BrCl2N4O2/c1-23(7-8-23)32-22-19-21(27-12-28-22)30(11-13-9-15(25)4-6-18(13)31-2)20(29-19)16-5-3-14(24)10-17(16)26/h3-6,9-10,12H,7-8,11H2,1-2H3. The lowest BCUT2D eigenvalue weighted by molar-refractivity contribution is 0.194. The molecule has 0 unspecified atom stereocenters. The molecule has 1 saturated carbocycles. The molecular formula is C23H19BrCl2N4O2. The van der Waals surface area contributed by atoms with Crippen LogP contribution in [-0.4, -0.2) is 32.2 Å². The number of benzene rings is 2. The second-order valence-corrected chi connectivity index (χ2v) is 9.76. The minimum atomic E-state index is -0.198. The summed E-state index contributed by atoms with van der Waals surface area (Å²) in [5, 5.41) is 1.19. The lowest BCUT2D eigenvalue weighted by atomic mass is 10.1. The van der Waals surface area contributed by atoms with Crippen molar-refractivity contribution in [2.24, 2.45) is 0 Å². The van der Waals surface area contributed by atoms with Crippen LogP contribution in [0, 0.1) is 0 Å². The lowest BCUT2D eigenvalue weighted by Gasteiger charge is -2.14. The summed E-state index contributed by atoms with van der Waals surface area (Å²) in [7, 11) is 1.63. The molecule has 4 aromatic rings. The summed E-state index contributed by atoms with van der Waals surface area (Å²) in [6, 6.07) is 11.2. The van der Waals surface area contributed by atoms with Crippen LogP contribution in [0.2, 0.25) is 10.0 Å². The summed E-state index contributed by atoms with van der Waals surface area (Å²) in [6.45, 7) is 2.50. The fourth-order valence-corrected chi connectivity index (χ4v) is 4.52. The Kier molecular flexibility index (Phi) is 5.51. The Morgan fingerprint density at radius 3 is 2.66 bits per heavy atom. The highest BCUT2D eigenvalue weighted by molar-refractivity contribution is 9.10. The topological polar surface area (TPSA) is 62.1 Å². The highest BCUT2D eigenvalue weighted by Crippen LogP contribution is 2.41. The van der Waals surface area contributed by atoms with Crippen LogP contribution in [0.5, 0.6) is 11.6 Å². The van der Waals surface area contributed by atoms with Crippen molar-refractivity contribution < 1.29 is 9.47 Å². The Balaban J connectivity index is 1.72. The molecule has 0 radical (unpaired) electrons. The maximum atomic E-state index is 6.61. The molecule has 2 aromatic carbocycles. The van der Waals surface area contributed by atoms with Crippen molar-refractivity contribution >= 4 is 50.3 Å². The van der Waals surface area contributed by atoms with E-state index in [9.17, 15) is 0 Å². The van der Waals surface area contributed by atoms with Crippen LogP contribution in [0.25, 0.3) is 22.6 Å². The number of aromatic nitrogens is 4. The van der Waals surface area contributed by atoms with Crippen LogP contribution >= 0.6 is 39.1 Å². The van der Waals surface area contributed by atoms with Gasteiger partial charge in [-0.05, 0) is 56.2 Å². The van der Waals surface area contributed by atoms with Gasteiger partial charge >= 0.3 is 0 Å². The number of halogens is 3. The third-order valence-electron chi connectivity index (χ3n) is 5.54. The largest absolute Gasteiger partial charge is 0.496 e. The lowest BCUT2D eigenvalue weighted by Crippen LogP contribution is -2.13. The Morgan fingerprint density at radius 2 is 1.94 bits per heavy atom. The number of ether oxygens (including phenoxy) is 2. The summed E-state index contributed by atoms with van der Waals surface area (Å²) < 4.78 is 14.6. The van der Waals surface area contributed by atoms with Crippen molar-refractivity contribution in [3.63, 3.8) is 0 Å². The van der Waals surface area contributed by atoms with Gasteiger partial charge in [0.2, 0.25) is 5.88 Å². The van der Waals surface area contributed by atoms with Crippen LogP contribution in [0.1, 0.15) is 25.3 Å². The Labute approximate surface area is 203 Å². The van der Waals surface area contributed by atoms with Crippen LogP contribution in [0.4, 0.5) is 0 Å². The van der Waals surface area contributed by atoms with Gasteiger partial charge in [0.05, 0.1) is 18.7 Å². The molecule has 1 fully saturated rings. The molecule has 0 aliphatic heterocycles. The molecule has 9 heteroatoms. The van der Waals surface area contributed by atoms with Crippen molar-refractivity contribution in [2.75, 3.05) is 7.11 Å². The minimum Gasteiger partial charge on any atom is -0.496 e. The van der Waals surface area contributed by atoms with E-state index >= 15 is 0 Å². The first-order chi connectivity index (χ1) is 15.4. The van der Waals surface area contributed by atoms with Crippen molar-refractivity contribution in [1.29, 1.82) is 0 Å². The first-order valence-corrected chi connectivity index (χ1v) is 11.6. The maximum Gasteiger partial charge on any atom is 0.245 e. The Bertz CT molecular complexity index is 1340. The third kappa shape index (κ3) is 4.05. The number of nitrogens with zero attached hydrogens (tertiary/aromatic N) is 4. The van der Waals surface area contributed by atoms with E-state index in [0.717, 1.165) is 34.2 Å². The minimum absolute atomic E-state index is 0.198. The zero-order valence-electron chi connectivity index (χ0n) is 17.4. The van der Waals surface area contributed by atoms with Gasteiger partial charge < -0.3 is 14.0 Å². The van der Waals surface area contributed by atoms with Gasteiger partial charge in [0, 0.05) is 20.6 Å². The molecule has 0 N–H and O–H groups in total. The predicted molar refractivity (Wildman–Crippen MR) is 129 cm³/mol. The molecule has 0 spiro atoms. The van der Waals surface area contributed by atoms with E-state index in [1.165, 1.54) is 6.33 Å². The summed E-state index contributed by atoms with van der Waals surface area (Å²) in [6.07, 6.45) is 3.48. The smallest absolute Gasteiger partial charge is 0.245 e. The zero-order valence-corrected chi connectivity index (χ0v) is 20.5. The van der Waals surface area contributed by atoms with Gasteiger partial charge in [-0.1, -0.05) is 39.1 Å². The molecule has 1 aliphatic rings. The zero-order chi connectivity index (χ0) is 22.5. The van der Waals surface area contributed by atoms with Crippen molar-refractivity contribution in [3.05, 3.63) is 62.8 Å². The van der Waals surface area contributed by atoms with E-state index < -0.39 is 0 Å². The number of hydrogen-bond acceptors (Lipinski definition) is 5. The molecule has 32 heavy (non-hydrogen) atoms. The second-order valence-electron chi connectivity index (χ2n) is 8.00. The van der Waals surface area contributed by atoms with Gasteiger partial charge in [0.15, 0.2) is 11.2 Å². The van der Waals surface area contributed by atoms with Gasteiger partial charge in [-0.2, -0.15) is 4.98 Å². The first-order valence-electron chi connectivity index (χ1n) is 10.0. The summed E-state index contributed by atoms with van der Waals surface area (Å²) in [4.78, 5) is 13.8. The van der Waals surface area contributed by atoms with Gasteiger partial charge in [-0.25, -0.2) is 9.97 Å². The SMILES string of the molecule is COc1ccc(Cl)cc1Cn1c(-c2ccc(Br)cc2Cl)nc2c(OC3(C)CC3)ncnc21. The molecule has 2 aromatic heterocycles. The molecule has 2 heterocycles. The molecule has 0 amide bonds. The van der Waals surface area contributed by atoms with Gasteiger partial charge in [-0.15, -0.1) is 0 Å². The number of imidazole rings is 1. The summed E-state index contributed by atoms with van der Waals surface area (Å²) in [5.74, 6) is 1.85.